The summed E-state index contributed by atoms with van der Waals surface area (Å²) >= 11 is 0. The lowest BCUT2D eigenvalue weighted by Gasteiger charge is -2.14. The van der Waals surface area contributed by atoms with Crippen LogP contribution in [0.5, 0.6) is 5.75 Å². The largest absolute Gasteiger partial charge is 0.479 e. The Kier molecular flexibility index (Phi) is 5.45. The van der Waals surface area contributed by atoms with E-state index in [4.69, 9.17) is 9.47 Å². The average Bonchev–Trinajstić information content (AvgIpc) is 2.66. The normalized spacial score (nSPS) is 11.8. The van der Waals surface area contributed by atoms with E-state index >= 15 is 0 Å². The topological polar surface area (TPSA) is 78.4 Å². The van der Waals surface area contributed by atoms with Gasteiger partial charge in [-0.3, -0.25) is 4.79 Å². The monoisotopic (exact) mass is 364 g/mol. The third kappa shape index (κ3) is 4.47. The fourth-order valence-corrected chi connectivity index (χ4v) is 2.54. The van der Waals surface area contributed by atoms with Crippen molar-refractivity contribution < 1.29 is 19.1 Å². The minimum Gasteiger partial charge on any atom is -0.479 e. The first-order valence-corrected chi connectivity index (χ1v) is 8.60. The van der Waals surface area contributed by atoms with Gasteiger partial charge in [-0.2, -0.15) is 0 Å². The van der Waals surface area contributed by atoms with Crippen molar-refractivity contribution in [3.63, 3.8) is 0 Å². The van der Waals surface area contributed by atoms with E-state index in [9.17, 15) is 9.59 Å². The molecule has 0 aliphatic carbocycles. The summed E-state index contributed by atoms with van der Waals surface area (Å²) in [5.41, 5.74) is 3.47. The molecule has 0 saturated carbocycles. The highest BCUT2D eigenvalue weighted by molar-refractivity contribution is 5.94. The molecule has 2 aromatic carbocycles. The van der Waals surface area contributed by atoms with Crippen molar-refractivity contribution >= 4 is 22.8 Å². The van der Waals surface area contributed by atoms with Gasteiger partial charge in [0.25, 0.3) is 0 Å². The second-order valence-corrected chi connectivity index (χ2v) is 6.19. The van der Waals surface area contributed by atoms with Crippen LogP contribution in [0.1, 0.15) is 35.6 Å². The first-order chi connectivity index (χ1) is 12.9. The Labute approximate surface area is 157 Å². The molecule has 27 heavy (non-hydrogen) atoms. The summed E-state index contributed by atoms with van der Waals surface area (Å²) in [6.45, 7) is 4.96. The molecule has 0 radical (unpaired) electrons. The summed E-state index contributed by atoms with van der Waals surface area (Å²) in [5.74, 6) is -0.0352. The van der Waals surface area contributed by atoms with Crippen LogP contribution in [0, 0.1) is 6.92 Å². The van der Waals surface area contributed by atoms with Gasteiger partial charge in [-0.25, -0.2) is 14.8 Å². The first-order valence-electron chi connectivity index (χ1n) is 8.60. The number of aryl methyl sites for hydroxylation is 1. The zero-order valence-corrected chi connectivity index (χ0v) is 15.4. The van der Waals surface area contributed by atoms with Crippen LogP contribution in [0.2, 0.25) is 0 Å². The summed E-state index contributed by atoms with van der Waals surface area (Å²) in [5, 5.41) is 0. The van der Waals surface area contributed by atoms with Crippen LogP contribution in [0.4, 0.5) is 0 Å². The van der Waals surface area contributed by atoms with Gasteiger partial charge in [0.15, 0.2) is 11.9 Å². The zero-order valence-electron chi connectivity index (χ0n) is 15.4. The van der Waals surface area contributed by atoms with Crippen molar-refractivity contribution in [2.24, 2.45) is 0 Å². The smallest absolute Gasteiger partial charge is 0.347 e. The number of ketones is 1. The molecular formula is C21H20N2O4. The van der Waals surface area contributed by atoms with Crippen LogP contribution in [0.25, 0.3) is 11.0 Å². The number of Topliss-reactive ketones (excluding diaryl/α,β-unsaturated/α-hetero) is 1. The van der Waals surface area contributed by atoms with E-state index in [-0.39, 0.29) is 12.4 Å². The number of rotatable bonds is 6. The van der Waals surface area contributed by atoms with Gasteiger partial charge in [0, 0.05) is 5.56 Å². The number of para-hydroxylation sites is 2. The molecule has 1 heterocycles. The number of hydrogen-bond donors (Lipinski definition) is 0. The molecule has 138 valence electrons. The van der Waals surface area contributed by atoms with Crippen LogP contribution in [-0.2, 0) is 16.1 Å². The minimum atomic E-state index is -0.790. The number of benzene rings is 2. The molecule has 0 amide bonds. The Morgan fingerprint density at radius 3 is 2.26 bits per heavy atom. The summed E-state index contributed by atoms with van der Waals surface area (Å²) in [7, 11) is 0. The standard InChI is InChI=1S/C21H20N2O4/c1-13-20(23-19-7-5-4-6-18(19)22-13)12-26-21(25)15(3)27-17-10-8-16(9-11-17)14(2)24/h4-11,15H,12H2,1-3H3. The van der Waals surface area contributed by atoms with Crippen molar-refractivity contribution in [3.05, 3.63) is 65.5 Å². The van der Waals surface area contributed by atoms with E-state index in [1.807, 2.05) is 31.2 Å². The predicted octanol–water partition coefficient (Wildman–Crippen LogP) is 3.65. The van der Waals surface area contributed by atoms with E-state index in [2.05, 4.69) is 9.97 Å². The Hall–Kier alpha value is -3.28. The van der Waals surface area contributed by atoms with Gasteiger partial charge in [-0.05, 0) is 57.2 Å². The second-order valence-electron chi connectivity index (χ2n) is 6.19. The number of hydrogen-bond acceptors (Lipinski definition) is 6. The Balaban J connectivity index is 1.61. The summed E-state index contributed by atoms with van der Waals surface area (Å²) in [6, 6.07) is 14.2. The molecule has 0 aliphatic rings. The third-order valence-electron chi connectivity index (χ3n) is 4.10. The fourth-order valence-electron chi connectivity index (χ4n) is 2.54. The maximum absolute atomic E-state index is 12.2. The van der Waals surface area contributed by atoms with Crippen LogP contribution < -0.4 is 4.74 Å². The number of carbonyl (C=O) groups excluding carboxylic acids is 2. The zero-order chi connectivity index (χ0) is 19.4. The molecule has 3 aromatic rings. The van der Waals surface area contributed by atoms with E-state index in [1.54, 1.807) is 31.2 Å². The molecule has 1 aromatic heterocycles. The SMILES string of the molecule is CC(=O)c1ccc(OC(C)C(=O)OCc2nc3ccccc3nc2C)cc1. The van der Waals surface area contributed by atoms with Crippen LogP contribution >= 0.6 is 0 Å². The average molecular weight is 364 g/mol. The molecule has 0 fully saturated rings. The van der Waals surface area contributed by atoms with Gasteiger partial charge in [-0.15, -0.1) is 0 Å². The minimum absolute atomic E-state index is 0.0270. The lowest BCUT2D eigenvalue weighted by Crippen LogP contribution is -2.26. The molecule has 0 N–H and O–H groups in total. The number of aromatic nitrogens is 2. The second kappa shape index (κ2) is 7.95. The fraction of sp³-hybridized carbons (Fsp3) is 0.238. The molecule has 1 atom stereocenters. The van der Waals surface area contributed by atoms with Gasteiger partial charge in [-0.1, -0.05) is 12.1 Å². The molecular weight excluding hydrogens is 344 g/mol. The molecule has 0 aliphatic heterocycles. The van der Waals surface area contributed by atoms with Gasteiger partial charge >= 0.3 is 5.97 Å². The van der Waals surface area contributed by atoms with Crippen molar-refractivity contribution in [2.75, 3.05) is 0 Å². The van der Waals surface area contributed by atoms with E-state index in [0.29, 0.717) is 17.0 Å². The molecule has 0 bridgehead atoms. The molecule has 0 spiro atoms. The quantitative estimate of drug-likeness (QED) is 0.491. The summed E-state index contributed by atoms with van der Waals surface area (Å²) < 4.78 is 10.9. The predicted molar refractivity (Wildman–Crippen MR) is 101 cm³/mol. The highest BCUT2D eigenvalue weighted by atomic mass is 16.6. The van der Waals surface area contributed by atoms with Gasteiger partial charge in [0.2, 0.25) is 0 Å². The van der Waals surface area contributed by atoms with Crippen LogP contribution in [-0.4, -0.2) is 27.8 Å². The van der Waals surface area contributed by atoms with Gasteiger partial charge in [0.05, 0.1) is 22.4 Å². The lowest BCUT2D eigenvalue weighted by atomic mass is 10.1. The molecule has 0 saturated heterocycles. The molecule has 6 heteroatoms. The van der Waals surface area contributed by atoms with E-state index in [0.717, 1.165) is 16.7 Å². The Morgan fingerprint density at radius 1 is 1.00 bits per heavy atom. The van der Waals surface area contributed by atoms with Crippen molar-refractivity contribution in [1.29, 1.82) is 0 Å². The van der Waals surface area contributed by atoms with Crippen molar-refractivity contribution in [1.82, 2.24) is 9.97 Å². The first kappa shape index (κ1) is 18.5. The molecule has 3 rings (SSSR count). The Morgan fingerprint density at radius 2 is 1.63 bits per heavy atom. The summed E-state index contributed by atoms with van der Waals surface area (Å²) in [4.78, 5) is 32.5. The van der Waals surface area contributed by atoms with E-state index < -0.39 is 12.1 Å². The maximum atomic E-state index is 12.2. The highest BCUT2D eigenvalue weighted by Crippen LogP contribution is 2.16. The lowest BCUT2D eigenvalue weighted by molar-refractivity contribution is -0.152. The van der Waals surface area contributed by atoms with Gasteiger partial charge < -0.3 is 9.47 Å². The van der Waals surface area contributed by atoms with Crippen LogP contribution in [0.3, 0.4) is 0 Å². The van der Waals surface area contributed by atoms with Gasteiger partial charge in [0.1, 0.15) is 12.4 Å². The number of nitrogens with zero attached hydrogens (tertiary/aromatic N) is 2. The Bertz CT molecular complexity index is 983. The molecule has 6 nitrogen and oxygen atoms in total. The van der Waals surface area contributed by atoms with Crippen LogP contribution in [0.15, 0.2) is 48.5 Å². The number of ether oxygens (including phenoxy) is 2. The maximum Gasteiger partial charge on any atom is 0.347 e. The van der Waals surface area contributed by atoms with Crippen molar-refractivity contribution in [2.45, 2.75) is 33.5 Å². The highest BCUT2D eigenvalue weighted by Gasteiger charge is 2.18. The number of fused-ring (bicyclic) bond motifs is 1. The number of carbonyl (C=O) groups is 2. The van der Waals surface area contributed by atoms with E-state index in [1.165, 1.54) is 6.92 Å². The third-order valence-corrected chi connectivity index (χ3v) is 4.10. The molecule has 1 unspecified atom stereocenters. The number of esters is 1. The summed E-state index contributed by atoms with van der Waals surface area (Å²) in [6.07, 6.45) is -0.790. The van der Waals surface area contributed by atoms with Crippen molar-refractivity contribution in [3.8, 4) is 5.75 Å².